The van der Waals surface area contributed by atoms with Crippen LogP contribution in [0.5, 0.6) is 0 Å². The molecule has 0 aliphatic rings. The minimum absolute atomic E-state index is 0. The van der Waals surface area contributed by atoms with Crippen LogP contribution in [0.25, 0.3) is 21.5 Å². The number of benzene rings is 4. The normalized spacial score (nSPS) is 11.2. The number of hydrogen-bond acceptors (Lipinski definition) is 0. The van der Waals surface area contributed by atoms with E-state index in [9.17, 15) is 0 Å². The molecule has 0 N–H and O–H groups in total. The second-order valence-electron chi connectivity index (χ2n) is 11.3. The average molecular weight is 693 g/mol. The first kappa shape index (κ1) is 31.3. The third-order valence-corrected chi connectivity index (χ3v) is 8.55. The predicted molar refractivity (Wildman–Crippen MR) is 151 cm³/mol. The molecular formula is C34H35Cl2Hf-. The SMILES string of the molecule is CC(C)(C)c1ccc2c([cH-]c3ccccc32)c1C(C)(C)C.[Cl-].[Cl-].[Hf+2]=[C](c1ccccc1)c1ccccc1. The summed E-state index contributed by atoms with van der Waals surface area (Å²) in [4.78, 5) is 0. The third kappa shape index (κ3) is 7.14. The van der Waals surface area contributed by atoms with Crippen molar-refractivity contribution in [3.8, 4) is 0 Å². The number of hydrogen-bond donors (Lipinski definition) is 0. The average Bonchev–Trinajstić information content (AvgIpc) is 3.22. The van der Waals surface area contributed by atoms with Crippen LogP contribution >= 0.6 is 0 Å². The van der Waals surface area contributed by atoms with Gasteiger partial charge in [-0.1, -0.05) is 83.0 Å². The van der Waals surface area contributed by atoms with Gasteiger partial charge in [-0.3, -0.25) is 0 Å². The van der Waals surface area contributed by atoms with E-state index in [4.69, 9.17) is 0 Å². The minimum atomic E-state index is 0. The Labute approximate surface area is 249 Å². The number of halogens is 2. The fraction of sp³-hybridized carbons (Fsp3) is 0.235. The quantitative estimate of drug-likeness (QED) is 0.197. The van der Waals surface area contributed by atoms with Crippen LogP contribution in [0, 0.1) is 0 Å². The van der Waals surface area contributed by atoms with Crippen molar-refractivity contribution in [2.45, 2.75) is 52.4 Å². The van der Waals surface area contributed by atoms with Crippen molar-refractivity contribution in [2.24, 2.45) is 0 Å². The van der Waals surface area contributed by atoms with E-state index < -0.39 is 0 Å². The molecule has 5 aromatic carbocycles. The van der Waals surface area contributed by atoms with Crippen LogP contribution < -0.4 is 24.8 Å². The molecule has 0 bridgehead atoms. The second-order valence-corrected chi connectivity index (χ2v) is 13.1. The van der Waals surface area contributed by atoms with Gasteiger partial charge in [-0.15, -0.1) is 33.7 Å². The summed E-state index contributed by atoms with van der Waals surface area (Å²) in [5.41, 5.74) is 5.99. The Morgan fingerprint density at radius 2 is 1.05 bits per heavy atom. The Bertz CT molecular complexity index is 1410. The van der Waals surface area contributed by atoms with E-state index in [2.05, 4.69) is 145 Å². The van der Waals surface area contributed by atoms with Gasteiger partial charge >= 0.3 is 98.9 Å². The van der Waals surface area contributed by atoms with Crippen LogP contribution in [-0.2, 0) is 34.7 Å². The van der Waals surface area contributed by atoms with Gasteiger partial charge in [0.05, 0.1) is 0 Å². The summed E-state index contributed by atoms with van der Waals surface area (Å²) < 4.78 is 1.46. The van der Waals surface area contributed by atoms with E-state index in [0.717, 1.165) is 23.9 Å². The zero-order valence-corrected chi connectivity index (χ0v) is 27.7. The second kappa shape index (κ2) is 12.7. The Hall–Kier alpha value is -1.93. The van der Waals surface area contributed by atoms with Crippen molar-refractivity contribution in [1.82, 2.24) is 0 Å². The molecule has 0 saturated carbocycles. The maximum absolute atomic E-state index is 2.38. The molecule has 0 spiro atoms. The molecule has 37 heavy (non-hydrogen) atoms. The van der Waals surface area contributed by atoms with Gasteiger partial charge in [0.2, 0.25) is 0 Å². The predicted octanol–water partition coefficient (Wildman–Crippen LogP) is 3.12. The molecule has 0 nitrogen and oxygen atoms in total. The fourth-order valence-corrected chi connectivity index (χ4v) is 6.03. The summed E-state index contributed by atoms with van der Waals surface area (Å²) in [6.45, 7) is 13.9. The maximum atomic E-state index is 2.38. The van der Waals surface area contributed by atoms with E-state index in [1.165, 1.54) is 47.1 Å². The van der Waals surface area contributed by atoms with Crippen LogP contribution in [0.1, 0.15) is 63.8 Å². The van der Waals surface area contributed by atoms with E-state index in [1.54, 1.807) is 0 Å². The molecule has 0 unspecified atom stereocenters. The zero-order chi connectivity index (χ0) is 25.2. The molecule has 0 aliphatic heterocycles. The molecule has 3 heteroatoms. The molecule has 0 heterocycles. The number of fused-ring (bicyclic) bond motifs is 3. The van der Waals surface area contributed by atoms with E-state index in [-0.39, 0.29) is 35.6 Å². The molecule has 0 fully saturated rings. The molecule has 0 atom stereocenters. The van der Waals surface area contributed by atoms with E-state index >= 15 is 0 Å². The molecule has 0 radical (unpaired) electrons. The molecule has 5 rings (SSSR count). The van der Waals surface area contributed by atoms with Gasteiger partial charge < -0.3 is 24.8 Å². The Morgan fingerprint density at radius 3 is 1.54 bits per heavy atom. The molecule has 190 valence electrons. The van der Waals surface area contributed by atoms with Gasteiger partial charge in [0, 0.05) is 0 Å². The Kier molecular flexibility index (Phi) is 10.8. The summed E-state index contributed by atoms with van der Waals surface area (Å²) in [5, 5.41) is 5.54. The monoisotopic (exact) mass is 693 g/mol. The molecule has 0 aliphatic carbocycles. The first-order chi connectivity index (χ1) is 16.6. The van der Waals surface area contributed by atoms with Crippen molar-refractivity contribution in [3.05, 3.63) is 125 Å². The van der Waals surface area contributed by atoms with Crippen molar-refractivity contribution >= 4 is 24.8 Å². The fourth-order valence-electron chi connectivity index (χ4n) is 4.84. The summed E-state index contributed by atoms with van der Waals surface area (Å²) >= 11 is 1.08. The number of rotatable bonds is 2. The van der Waals surface area contributed by atoms with Crippen LogP contribution in [0.3, 0.4) is 0 Å². The van der Waals surface area contributed by atoms with Crippen molar-refractivity contribution < 1.29 is 48.7 Å². The first-order valence-electron chi connectivity index (χ1n) is 12.4. The molecule has 0 aromatic heterocycles. The van der Waals surface area contributed by atoms with E-state index in [1.807, 2.05) is 0 Å². The third-order valence-electron chi connectivity index (χ3n) is 6.48. The van der Waals surface area contributed by atoms with Gasteiger partial charge in [0.15, 0.2) is 0 Å². The molecular weight excluding hydrogens is 658 g/mol. The van der Waals surface area contributed by atoms with Crippen LogP contribution in [0.2, 0.25) is 0 Å². The van der Waals surface area contributed by atoms with Gasteiger partial charge in [-0.2, -0.15) is 0 Å². The molecule has 0 saturated heterocycles. The molecule has 0 amide bonds. The van der Waals surface area contributed by atoms with Crippen LogP contribution in [0.4, 0.5) is 0 Å². The summed E-state index contributed by atoms with van der Waals surface area (Å²) in [7, 11) is 0. The van der Waals surface area contributed by atoms with Crippen molar-refractivity contribution in [1.29, 1.82) is 0 Å². The standard InChI is InChI=1S/C21H25.C13H10.2ClH.Hf/c1-20(2,3)18-12-11-16-15-10-8-7-9-14(15)13-17(16)19(18)21(4,5)6;1-3-7-12(8-4-1)11-13-9-5-2-6-10-13;;;/h7-13H,1-6H3;1-10H;2*1H;/q-1;;;;+2/p-2. The Balaban J connectivity index is 0.000000265. The summed E-state index contributed by atoms with van der Waals surface area (Å²) in [5.74, 6) is 0. The van der Waals surface area contributed by atoms with Gasteiger partial charge in [0.1, 0.15) is 0 Å². The van der Waals surface area contributed by atoms with Crippen molar-refractivity contribution in [2.75, 3.05) is 0 Å². The summed E-state index contributed by atoms with van der Waals surface area (Å²) in [6.07, 6.45) is 0. The van der Waals surface area contributed by atoms with Crippen LogP contribution in [-0.4, -0.2) is 3.26 Å². The topological polar surface area (TPSA) is 0 Å². The summed E-state index contributed by atoms with van der Waals surface area (Å²) in [6, 6.07) is 36.9. The van der Waals surface area contributed by atoms with Crippen molar-refractivity contribution in [3.63, 3.8) is 0 Å². The van der Waals surface area contributed by atoms with Gasteiger partial charge in [-0.25, -0.2) is 0 Å². The first-order valence-corrected chi connectivity index (χ1v) is 14.2. The Morgan fingerprint density at radius 1 is 0.568 bits per heavy atom. The van der Waals surface area contributed by atoms with Gasteiger partial charge in [0.25, 0.3) is 0 Å². The van der Waals surface area contributed by atoms with Crippen LogP contribution in [0.15, 0.2) is 103 Å². The molecule has 5 aromatic rings. The van der Waals surface area contributed by atoms with Gasteiger partial charge in [-0.05, 0) is 10.8 Å². The zero-order valence-electron chi connectivity index (χ0n) is 22.6. The van der Waals surface area contributed by atoms with E-state index in [0.29, 0.717) is 0 Å².